The number of hydrogen-bond acceptors (Lipinski definition) is 5. The van der Waals surface area contributed by atoms with Crippen molar-refractivity contribution in [2.24, 2.45) is 5.41 Å². The van der Waals surface area contributed by atoms with E-state index < -0.39 is 36.5 Å². The molecule has 1 amide bonds. The van der Waals surface area contributed by atoms with Gasteiger partial charge in [0.1, 0.15) is 23.3 Å². The largest absolute Gasteiger partial charge is 0.487 e. The van der Waals surface area contributed by atoms with Crippen molar-refractivity contribution in [3.8, 4) is 11.4 Å². The second-order valence-corrected chi connectivity index (χ2v) is 11.1. The lowest BCUT2D eigenvalue weighted by atomic mass is 10.1. The number of alkyl halides is 5. The van der Waals surface area contributed by atoms with Gasteiger partial charge in [0.25, 0.3) is 6.43 Å². The first-order valence-corrected chi connectivity index (χ1v) is 13.8. The predicted octanol–water partition coefficient (Wildman–Crippen LogP) is 7.49. The van der Waals surface area contributed by atoms with Crippen LogP contribution in [0.5, 0.6) is 5.75 Å². The molecule has 1 aliphatic carbocycles. The molecule has 8 nitrogen and oxygen atoms in total. The summed E-state index contributed by atoms with van der Waals surface area (Å²) in [6, 6.07) is 14.0. The van der Waals surface area contributed by atoms with Crippen molar-refractivity contribution in [1.29, 1.82) is 0 Å². The molecule has 0 saturated heterocycles. The summed E-state index contributed by atoms with van der Waals surface area (Å²) >= 11 is 9.79. The molecular weight excluding hydrogens is 667 g/mol. The Labute approximate surface area is 253 Å². The summed E-state index contributed by atoms with van der Waals surface area (Å²) < 4.78 is 73.2. The number of aromatic nitrogens is 2. The molecule has 1 heterocycles. The molecule has 0 atom stereocenters. The predicted molar refractivity (Wildman–Crippen MR) is 152 cm³/mol. The zero-order valence-corrected chi connectivity index (χ0v) is 24.2. The fraction of sp³-hybridized carbons (Fsp3) is 0.250. The van der Waals surface area contributed by atoms with Gasteiger partial charge >= 0.3 is 12.1 Å². The van der Waals surface area contributed by atoms with E-state index in [1.54, 1.807) is 34.9 Å². The number of benzene rings is 3. The Bertz CT molecular complexity index is 1710. The molecule has 1 fully saturated rings. The molecule has 5 rings (SSSR count). The Balaban J connectivity index is 1.52. The van der Waals surface area contributed by atoms with Crippen LogP contribution in [-0.2, 0) is 11.3 Å². The molecule has 1 saturated carbocycles. The quantitative estimate of drug-likeness (QED) is 0.149. The molecule has 1 aromatic heterocycles. The molecule has 0 spiro atoms. The number of halogens is 7. The lowest BCUT2D eigenvalue weighted by molar-refractivity contribution is -0.192. The van der Waals surface area contributed by atoms with Crippen LogP contribution < -0.4 is 15.4 Å². The lowest BCUT2D eigenvalue weighted by Crippen LogP contribution is -2.40. The van der Waals surface area contributed by atoms with Crippen molar-refractivity contribution in [1.82, 2.24) is 14.9 Å². The first-order chi connectivity index (χ1) is 20.3. The monoisotopic (exact) mass is 686 g/mol. The molecule has 226 valence electrons. The number of carbonyl (C=O) groups is 2. The van der Waals surface area contributed by atoms with Crippen LogP contribution in [0.15, 0.2) is 59.1 Å². The van der Waals surface area contributed by atoms with E-state index in [0.717, 1.165) is 4.47 Å². The third kappa shape index (κ3) is 6.25. The van der Waals surface area contributed by atoms with Crippen LogP contribution in [0.4, 0.5) is 33.6 Å². The molecule has 3 aromatic carbocycles. The number of fused-ring (bicyclic) bond motifs is 1. The van der Waals surface area contributed by atoms with Gasteiger partial charge < -0.3 is 20.5 Å². The number of carbonyl (C=O) groups excluding carboxylic acids is 1. The van der Waals surface area contributed by atoms with Gasteiger partial charge in [-0.1, -0.05) is 33.6 Å². The second kappa shape index (κ2) is 11.6. The molecular formula is C28H21BrClF5N4O4. The van der Waals surface area contributed by atoms with Crippen molar-refractivity contribution >= 4 is 62.1 Å². The van der Waals surface area contributed by atoms with Gasteiger partial charge in [0, 0.05) is 22.8 Å². The number of anilines is 2. The number of amides is 1. The minimum Gasteiger partial charge on any atom is -0.487 e. The Morgan fingerprint density at radius 1 is 1.12 bits per heavy atom. The Morgan fingerprint density at radius 3 is 2.42 bits per heavy atom. The highest BCUT2D eigenvalue weighted by Crippen LogP contribution is 2.57. The first-order valence-electron chi connectivity index (χ1n) is 12.7. The molecule has 0 aliphatic heterocycles. The van der Waals surface area contributed by atoms with Gasteiger partial charge in [0.2, 0.25) is 11.9 Å². The van der Waals surface area contributed by atoms with Crippen molar-refractivity contribution in [2.75, 3.05) is 11.9 Å². The van der Waals surface area contributed by atoms with E-state index in [1.807, 2.05) is 0 Å². The zero-order chi connectivity index (χ0) is 31.1. The van der Waals surface area contributed by atoms with E-state index in [2.05, 4.69) is 31.5 Å². The Hall–Kier alpha value is -3.91. The fourth-order valence-electron chi connectivity index (χ4n) is 4.49. The van der Waals surface area contributed by atoms with Gasteiger partial charge in [-0.15, -0.1) is 0 Å². The number of ether oxygens (including phenoxy) is 1. The SMILES string of the molecule is O=C(O)c1cc2nc(Nc3cc(CNC(=O)C4(C(F)(F)F)CC4)ccc3Cl)n(-c3ccc(Br)cc3)c2cc1OCC(F)F. The Kier molecular flexibility index (Phi) is 8.27. The van der Waals surface area contributed by atoms with Gasteiger partial charge in [0.15, 0.2) is 0 Å². The Morgan fingerprint density at radius 2 is 1.81 bits per heavy atom. The number of imidazole rings is 1. The molecule has 3 N–H and O–H groups in total. The number of nitrogens with one attached hydrogen (secondary N) is 2. The molecule has 0 bridgehead atoms. The van der Waals surface area contributed by atoms with Crippen molar-refractivity contribution in [2.45, 2.75) is 32.0 Å². The van der Waals surface area contributed by atoms with Gasteiger partial charge in [0.05, 0.1) is 21.7 Å². The van der Waals surface area contributed by atoms with Crippen molar-refractivity contribution in [3.05, 3.63) is 75.2 Å². The van der Waals surface area contributed by atoms with E-state index in [0.29, 0.717) is 16.8 Å². The summed E-state index contributed by atoms with van der Waals surface area (Å²) in [4.78, 5) is 28.7. The third-order valence-corrected chi connectivity index (χ3v) is 7.75. The average molecular weight is 688 g/mol. The number of hydrogen-bond donors (Lipinski definition) is 3. The highest BCUT2D eigenvalue weighted by Gasteiger charge is 2.68. The summed E-state index contributed by atoms with van der Waals surface area (Å²) in [5, 5.41) is 15.3. The first kappa shape index (κ1) is 30.5. The summed E-state index contributed by atoms with van der Waals surface area (Å²) in [6.45, 7) is -1.22. The van der Waals surface area contributed by atoms with Crippen LogP contribution >= 0.6 is 27.5 Å². The van der Waals surface area contributed by atoms with Gasteiger partial charge in [-0.05, 0) is 60.9 Å². The van der Waals surface area contributed by atoms with Gasteiger partial charge in [-0.2, -0.15) is 13.2 Å². The maximum Gasteiger partial charge on any atom is 0.403 e. The normalized spacial score (nSPS) is 14.1. The zero-order valence-electron chi connectivity index (χ0n) is 21.8. The summed E-state index contributed by atoms with van der Waals surface area (Å²) in [5.41, 5.74) is -0.940. The number of carboxylic acids is 1. The molecule has 43 heavy (non-hydrogen) atoms. The average Bonchev–Trinajstić information content (AvgIpc) is 3.70. The van der Waals surface area contributed by atoms with Crippen LogP contribution in [0.1, 0.15) is 28.8 Å². The van der Waals surface area contributed by atoms with Crippen molar-refractivity contribution in [3.63, 3.8) is 0 Å². The molecule has 0 radical (unpaired) electrons. The van der Waals surface area contributed by atoms with Crippen LogP contribution in [0, 0.1) is 5.41 Å². The third-order valence-electron chi connectivity index (χ3n) is 6.89. The smallest absolute Gasteiger partial charge is 0.403 e. The van der Waals surface area contributed by atoms with Gasteiger partial charge in [-0.3, -0.25) is 9.36 Å². The number of nitrogens with zero attached hydrogens (tertiary/aromatic N) is 2. The summed E-state index contributed by atoms with van der Waals surface area (Å²) in [6.07, 6.45) is -8.00. The molecule has 1 aliphatic rings. The topological polar surface area (TPSA) is 105 Å². The molecule has 0 unspecified atom stereocenters. The highest BCUT2D eigenvalue weighted by molar-refractivity contribution is 9.10. The van der Waals surface area contributed by atoms with E-state index in [4.69, 9.17) is 16.3 Å². The van der Waals surface area contributed by atoms with E-state index in [1.165, 1.54) is 24.3 Å². The standard InChI is InChI=1S/C28H21BrClF5N4O4/c29-15-2-4-16(5-3-15)39-21-11-22(43-13-23(31)32)17(24(40)41)10-20(21)38-26(39)37-19-9-14(1-6-18(19)30)12-36-25(42)27(7-8-27)28(33,34)35/h1-6,9-11,23H,7-8,12-13H2,(H,36,42)(H,37,38)(H,40,41). The number of carboxylic acid groups (broad SMARTS) is 1. The van der Waals surface area contributed by atoms with Gasteiger partial charge in [-0.25, -0.2) is 18.6 Å². The fourth-order valence-corrected chi connectivity index (χ4v) is 4.92. The maximum atomic E-state index is 13.3. The number of rotatable bonds is 10. The number of aromatic carboxylic acids is 1. The second-order valence-electron chi connectivity index (χ2n) is 9.79. The van der Waals surface area contributed by atoms with E-state index >= 15 is 0 Å². The highest BCUT2D eigenvalue weighted by atomic mass is 79.9. The summed E-state index contributed by atoms with van der Waals surface area (Å²) in [7, 11) is 0. The minimum atomic E-state index is -4.64. The van der Waals surface area contributed by atoms with Crippen LogP contribution in [-0.4, -0.2) is 45.7 Å². The van der Waals surface area contributed by atoms with Crippen molar-refractivity contribution < 1.29 is 41.4 Å². The maximum absolute atomic E-state index is 13.3. The molecule has 4 aromatic rings. The van der Waals surface area contributed by atoms with E-state index in [-0.39, 0.29) is 52.9 Å². The van der Waals surface area contributed by atoms with Crippen LogP contribution in [0.3, 0.4) is 0 Å². The lowest BCUT2D eigenvalue weighted by Gasteiger charge is -2.19. The minimum absolute atomic E-state index is 0.150. The van der Waals surface area contributed by atoms with E-state index in [9.17, 15) is 36.6 Å². The van der Waals surface area contributed by atoms with Crippen LogP contribution in [0.25, 0.3) is 16.7 Å². The van der Waals surface area contributed by atoms with Crippen LogP contribution in [0.2, 0.25) is 5.02 Å². The molecule has 15 heteroatoms. The summed E-state index contributed by atoms with van der Waals surface area (Å²) in [5.74, 6) is -2.64.